The van der Waals surface area contributed by atoms with Crippen molar-refractivity contribution < 1.29 is 4.74 Å². The van der Waals surface area contributed by atoms with Crippen LogP contribution in [0.4, 0.5) is 0 Å². The van der Waals surface area contributed by atoms with E-state index in [0.717, 1.165) is 51.3 Å². The largest absolute Gasteiger partial charge is 0.379 e. The number of aliphatic imine (C=N–C) groups is 1. The molecule has 2 fully saturated rings. The van der Waals surface area contributed by atoms with Crippen LogP contribution in [0.3, 0.4) is 0 Å². The van der Waals surface area contributed by atoms with Crippen molar-refractivity contribution in [1.82, 2.24) is 20.4 Å². The van der Waals surface area contributed by atoms with Crippen LogP contribution in [0.25, 0.3) is 0 Å². The summed E-state index contributed by atoms with van der Waals surface area (Å²) in [5, 5.41) is 7.02. The summed E-state index contributed by atoms with van der Waals surface area (Å²) in [5.41, 5.74) is 0. The van der Waals surface area contributed by atoms with E-state index in [1.54, 1.807) is 0 Å². The van der Waals surface area contributed by atoms with Crippen molar-refractivity contribution in [1.29, 1.82) is 0 Å². The lowest BCUT2D eigenvalue weighted by molar-refractivity contribution is 0.00752. The highest BCUT2D eigenvalue weighted by Crippen LogP contribution is 2.15. The van der Waals surface area contributed by atoms with Crippen molar-refractivity contribution in [2.45, 2.75) is 46.1 Å². The maximum Gasteiger partial charge on any atom is 0.191 e. The number of ether oxygens (including phenoxy) is 1. The Labute approximate surface area is 160 Å². The highest BCUT2D eigenvalue weighted by atomic mass is 16.5. The molecule has 2 aliphatic heterocycles. The Morgan fingerprint density at radius 3 is 2.42 bits per heavy atom. The quantitative estimate of drug-likeness (QED) is 0.388. The molecular formula is C20H41N5O. The Morgan fingerprint density at radius 2 is 1.81 bits per heavy atom. The van der Waals surface area contributed by atoms with Crippen LogP contribution in [0.5, 0.6) is 0 Å². The number of hydrogen-bond acceptors (Lipinski definition) is 4. The Kier molecular flexibility index (Phi) is 9.72. The average molecular weight is 368 g/mol. The standard InChI is InChI=1S/C20H41N5O/c1-17(2)19(25-12-14-26-15-13-25)16-23-20(21-4)22-8-5-9-24-10-6-18(3)7-11-24/h17-19H,5-16H2,1-4H3,(H2,21,22,23). The van der Waals surface area contributed by atoms with Crippen LogP contribution in [0, 0.1) is 11.8 Å². The number of nitrogens with zero attached hydrogens (tertiary/aromatic N) is 3. The molecule has 1 atom stereocenters. The van der Waals surface area contributed by atoms with E-state index in [1.807, 2.05) is 7.05 Å². The zero-order valence-electron chi connectivity index (χ0n) is 17.5. The number of guanidine groups is 1. The van der Waals surface area contributed by atoms with Crippen molar-refractivity contribution in [2.75, 3.05) is 66.1 Å². The van der Waals surface area contributed by atoms with E-state index >= 15 is 0 Å². The molecule has 2 saturated heterocycles. The van der Waals surface area contributed by atoms with Crippen LogP contribution in [-0.4, -0.2) is 87.9 Å². The minimum absolute atomic E-state index is 0.521. The third-order valence-electron chi connectivity index (χ3n) is 5.81. The van der Waals surface area contributed by atoms with Gasteiger partial charge >= 0.3 is 0 Å². The van der Waals surface area contributed by atoms with Crippen molar-refractivity contribution in [3.8, 4) is 0 Å². The van der Waals surface area contributed by atoms with Gasteiger partial charge in [-0.2, -0.15) is 0 Å². The third-order valence-corrected chi connectivity index (χ3v) is 5.81. The molecule has 0 aromatic heterocycles. The second-order valence-corrected chi connectivity index (χ2v) is 8.22. The lowest BCUT2D eigenvalue weighted by atomic mass is 9.99. The van der Waals surface area contributed by atoms with Gasteiger partial charge in [0.15, 0.2) is 5.96 Å². The van der Waals surface area contributed by atoms with E-state index in [2.05, 4.69) is 46.2 Å². The SMILES string of the molecule is CN=C(NCCCN1CCC(C)CC1)NCC(C(C)C)N1CCOCC1. The average Bonchev–Trinajstić information content (AvgIpc) is 2.65. The first-order valence-corrected chi connectivity index (χ1v) is 10.6. The summed E-state index contributed by atoms with van der Waals surface area (Å²) in [6, 6.07) is 0.521. The highest BCUT2D eigenvalue weighted by molar-refractivity contribution is 5.79. The Morgan fingerprint density at radius 1 is 1.12 bits per heavy atom. The number of rotatable bonds is 8. The Bertz CT molecular complexity index is 401. The molecule has 0 aromatic rings. The van der Waals surface area contributed by atoms with Crippen LogP contribution >= 0.6 is 0 Å². The van der Waals surface area contributed by atoms with Gasteiger partial charge in [0.25, 0.3) is 0 Å². The van der Waals surface area contributed by atoms with Gasteiger partial charge in [-0.15, -0.1) is 0 Å². The van der Waals surface area contributed by atoms with Crippen molar-refractivity contribution in [3.05, 3.63) is 0 Å². The Hall–Kier alpha value is -0.850. The van der Waals surface area contributed by atoms with Gasteiger partial charge in [0.05, 0.1) is 13.2 Å². The van der Waals surface area contributed by atoms with E-state index in [0.29, 0.717) is 12.0 Å². The number of morpholine rings is 1. The molecule has 2 rings (SSSR count). The molecule has 0 saturated carbocycles. The predicted octanol–water partition coefficient (Wildman–Crippen LogP) is 1.63. The molecule has 0 bridgehead atoms. The molecule has 2 aliphatic rings. The normalized spacial score (nSPS) is 22.6. The first-order valence-electron chi connectivity index (χ1n) is 10.6. The molecule has 1 unspecified atom stereocenters. The first kappa shape index (κ1) is 21.5. The minimum Gasteiger partial charge on any atom is -0.379 e. The zero-order valence-corrected chi connectivity index (χ0v) is 17.5. The topological polar surface area (TPSA) is 52.1 Å². The summed E-state index contributed by atoms with van der Waals surface area (Å²) in [4.78, 5) is 9.55. The van der Waals surface area contributed by atoms with E-state index in [4.69, 9.17) is 4.74 Å². The van der Waals surface area contributed by atoms with Gasteiger partial charge in [-0.05, 0) is 50.7 Å². The van der Waals surface area contributed by atoms with Gasteiger partial charge in [-0.3, -0.25) is 9.89 Å². The van der Waals surface area contributed by atoms with E-state index < -0.39 is 0 Å². The summed E-state index contributed by atoms with van der Waals surface area (Å²) >= 11 is 0. The summed E-state index contributed by atoms with van der Waals surface area (Å²) in [5.74, 6) is 2.45. The van der Waals surface area contributed by atoms with Crippen LogP contribution < -0.4 is 10.6 Å². The monoisotopic (exact) mass is 367 g/mol. The summed E-state index contributed by atoms with van der Waals surface area (Å²) in [6.45, 7) is 16.4. The molecule has 6 nitrogen and oxygen atoms in total. The minimum atomic E-state index is 0.521. The molecule has 2 N–H and O–H groups in total. The van der Waals surface area contributed by atoms with Crippen LogP contribution in [0.1, 0.15) is 40.0 Å². The number of nitrogens with one attached hydrogen (secondary N) is 2. The summed E-state index contributed by atoms with van der Waals surface area (Å²) in [6.07, 6.45) is 3.88. The van der Waals surface area contributed by atoms with Gasteiger partial charge in [-0.25, -0.2) is 0 Å². The lowest BCUT2D eigenvalue weighted by Crippen LogP contribution is -2.52. The fourth-order valence-electron chi connectivity index (χ4n) is 3.91. The fourth-order valence-corrected chi connectivity index (χ4v) is 3.91. The second-order valence-electron chi connectivity index (χ2n) is 8.22. The molecule has 2 heterocycles. The van der Waals surface area contributed by atoms with Crippen molar-refractivity contribution in [3.63, 3.8) is 0 Å². The number of piperidine rings is 1. The smallest absolute Gasteiger partial charge is 0.191 e. The molecule has 0 spiro atoms. The van der Waals surface area contributed by atoms with Crippen molar-refractivity contribution >= 4 is 5.96 Å². The molecule has 0 aliphatic carbocycles. The first-order chi connectivity index (χ1) is 12.6. The Balaban J connectivity index is 1.64. The maximum absolute atomic E-state index is 5.50. The van der Waals surface area contributed by atoms with Crippen LogP contribution in [-0.2, 0) is 4.74 Å². The third kappa shape index (κ3) is 7.41. The van der Waals surface area contributed by atoms with Gasteiger partial charge < -0.3 is 20.3 Å². The molecule has 6 heteroatoms. The lowest BCUT2D eigenvalue weighted by Gasteiger charge is -2.37. The number of hydrogen-bond donors (Lipinski definition) is 2. The van der Waals surface area contributed by atoms with E-state index in [-0.39, 0.29) is 0 Å². The molecular weight excluding hydrogens is 326 g/mol. The predicted molar refractivity (Wildman–Crippen MR) is 110 cm³/mol. The van der Waals surface area contributed by atoms with Gasteiger partial charge in [0.1, 0.15) is 0 Å². The zero-order chi connectivity index (χ0) is 18.8. The van der Waals surface area contributed by atoms with Gasteiger partial charge in [0, 0.05) is 39.3 Å². The van der Waals surface area contributed by atoms with Gasteiger partial charge in [0.2, 0.25) is 0 Å². The molecule has 0 aromatic carbocycles. The van der Waals surface area contributed by atoms with E-state index in [1.165, 1.54) is 38.9 Å². The molecule has 26 heavy (non-hydrogen) atoms. The molecule has 0 amide bonds. The van der Waals surface area contributed by atoms with Crippen molar-refractivity contribution in [2.24, 2.45) is 16.8 Å². The van der Waals surface area contributed by atoms with Gasteiger partial charge in [-0.1, -0.05) is 20.8 Å². The van der Waals surface area contributed by atoms with E-state index in [9.17, 15) is 0 Å². The van der Waals surface area contributed by atoms with Crippen LogP contribution in [0.15, 0.2) is 4.99 Å². The summed E-state index contributed by atoms with van der Waals surface area (Å²) in [7, 11) is 1.86. The fraction of sp³-hybridized carbons (Fsp3) is 0.950. The molecule has 0 radical (unpaired) electrons. The van der Waals surface area contributed by atoms with Crippen LogP contribution in [0.2, 0.25) is 0 Å². The highest BCUT2D eigenvalue weighted by Gasteiger charge is 2.23. The molecule has 152 valence electrons. The second kappa shape index (κ2) is 11.8. The summed E-state index contributed by atoms with van der Waals surface area (Å²) < 4.78 is 5.50. The maximum atomic E-state index is 5.50. The number of likely N-dealkylation sites (tertiary alicyclic amines) is 1.